The number of nitrogens with one attached hydrogen (secondary N) is 2. The Hall–Kier alpha value is -2.61. The van der Waals surface area contributed by atoms with Gasteiger partial charge < -0.3 is 16.0 Å². The number of nitrogens with zero attached hydrogens (tertiary/aromatic N) is 2. The third kappa shape index (κ3) is 2.79. The van der Waals surface area contributed by atoms with Gasteiger partial charge in [0.25, 0.3) is 0 Å². The number of thiophene rings is 1. The third-order valence-corrected chi connectivity index (χ3v) is 3.88. The summed E-state index contributed by atoms with van der Waals surface area (Å²) in [5.74, 6) is 0.168. The second-order valence-corrected chi connectivity index (χ2v) is 5.38. The molecule has 0 bridgehead atoms. The summed E-state index contributed by atoms with van der Waals surface area (Å²) in [5, 5.41) is 13.4. The Morgan fingerprint density at radius 2 is 2.33 bits per heavy atom. The summed E-state index contributed by atoms with van der Waals surface area (Å²) in [6.07, 6.45) is 3.18. The van der Waals surface area contributed by atoms with Crippen molar-refractivity contribution in [2.75, 3.05) is 5.32 Å². The summed E-state index contributed by atoms with van der Waals surface area (Å²) in [4.78, 5) is 24.5. The first-order valence-corrected chi connectivity index (χ1v) is 7.19. The number of aromatic amines is 1. The van der Waals surface area contributed by atoms with Crippen molar-refractivity contribution < 1.29 is 9.59 Å². The summed E-state index contributed by atoms with van der Waals surface area (Å²) in [6.45, 7) is 0.739. The van der Waals surface area contributed by atoms with Crippen molar-refractivity contribution in [1.29, 1.82) is 0 Å². The van der Waals surface area contributed by atoms with E-state index in [1.54, 1.807) is 17.4 Å². The molecule has 1 aliphatic heterocycles. The molecule has 0 aromatic carbocycles. The van der Waals surface area contributed by atoms with Crippen molar-refractivity contribution in [2.45, 2.75) is 13.1 Å². The van der Waals surface area contributed by atoms with E-state index in [1.165, 1.54) is 11.0 Å². The van der Waals surface area contributed by atoms with Gasteiger partial charge in [-0.3, -0.25) is 9.89 Å². The second-order valence-electron chi connectivity index (χ2n) is 4.60. The van der Waals surface area contributed by atoms with Gasteiger partial charge in [-0.05, 0) is 28.5 Å². The summed E-state index contributed by atoms with van der Waals surface area (Å²) in [6, 6.07) is 1.43. The van der Waals surface area contributed by atoms with Gasteiger partial charge in [0, 0.05) is 11.6 Å². The predicted molar refractivity (Wildman–Crippen MR) is 79.4 cm³/mol. The van der Waals surface area contributed by atoms with E-state index in [4.69, 9.17) is 5.73 Å². The number of H-pyrrole nitrogens is 1. The predicted octanol–water partition coefficient (Wildman–Crippen LogP) is 1.52. The molecule has 0 spiro atoms. The topological polar surface area (TPSA) is 104 Å². The van der Waals surface area contributed by atoms with Gasteiger partial charge in [-0.1, -0.05) is 0 Å². The van der Waals surface area contributed by atoms with Crippen LogP contribution in [0.5, 0.6) is 0 Å². The van der Waals surface area contributed by atoms with E-state index >= 15 is 0 Å². The Morgan fingerprint density at radius 3 is 3.05 bits per heavy atom. The Balaban J connectivity index is 1.67. The molecule has 21 heavy (non-hydrogen) atoms. The molecule has 108 valence electrons. The molecule has 8 heteroatoms. The Labute approximate surface area is 124 Å². The highest BCUT2D eigenvalue weighted by molar-refractivity contribution is 7.08. The average Bonchev–Trinajstić information content (AvgIpc) is 3.14. The van der Waals surface area contributed by atoms with Crippen LogP contribution in [-0.4, -0.2) is 27.0 Å². The van der Waals surface area contributed by atoms with E-state index in [2.05, 4.69) is 15.5 Å². The number of primary amides is 1. The molecule has 0 aliphatic carbocycles. The molecule has 0 fully saturated rings. The number of amides is 3. The highest BCUT2D eigenvalue weighted by atomic mass is 32.1. The minimum atomic E-state index is -0.491. The van der Waals surface area contributed by atoms with Crippen LogP contribution >= 0.6 is 11.3 Å². The van der Waals surface area contributed by atoms with Crippen LogP contribution in [0.2, 0.25) is 0 Å². The highest BCUT2D eigenvalue weighted by Gasteiger charge is 2.27. The van der Waals surface area contributed by atoms with E-state index in [9.17, 15) is 9.59 Å². The van der Waals surface area contributed by atoms with Crippen LogP contribution in [0.4, 0.5) is 10.6 Å². The van der Waals surface area contributed by atoms with Crippen LogP contribution in [0.1, 0.15) is 16.8 Å². The fourth-order valence-corrected chi connectivity index (χ4v) is 2.73. The summed E-state index contributed by atoms with van der Waals surface area (Å²) >= 11 is 1.57. The number of fused-ring (bicyclic) bond motifs is 1. The number of aromatic nitrogens is 2. The Bertz CT molecular complexity index is 704. The van der Waals surface area contributed by atoms with E-state index in [0.717, 1.165) is 16.8 Å². The number of urea groups is 1. The molecule has 7 nitrogen and oxygen atoms in total. The number of carbonyl (C=O) groups excluding carboxylic acids is 2. The van der Waals surface area contributed by atoms with Crippen LogP contribution < -0.4 is 11.1 Å². The van der Waals surface area contributed by atoms with Gasteiger partial charge in [0.05, 0.1) is 18.8 Å². The summed E-state index contributed by atoms with van der Waals surface area (Å²) in [5.41, 5.74) is 7.81. The lowest BCUT2D eigenvalue weighted by molar-refractivity contribution is -0.111. The van der Waals surface area contributed by atoms with Crippen molar-refractivity contribution >= 4 is 35.2 Å². The number of carbonyl (C=O) groups is 2. The van der Waals surface area contributed by atoms with Crippen LogP contribution in [0.25, 0.3) is 6.08 Å². The van der Waals surface area contributed by atoms with Crippen molar-refractivity contribution in [3.8, 4) is 0 Å². The number of anilines is 1. The fourth-order valence-electron chi connectivity index (χ4n) is 2.10. The highest BCUT2D eigenvalue weighted by Crippen LogP contribution is 2.26. The van der Waals surface area contributed by atoms with Crippen molar-refractivity contribution in [1.82, 2.24) is 15.1 Å². The second kappa shape index (κ2) is 5.41. The molecule has 0 saturated carbocycles. The molecule has 0 saturated heterocycles. The first kappa shape index (κ1) is 13.4. The minimum absolute atomic E-state index is 0.270. The molecule has 4 N–H and O–H groups in total. The lowest BCUT2D eigenvalue weighted by atomic mass is 10.2. The van der Waals surface area contributed by atoms with E-state index in [0.29, 0.717) is 18.9 Å². The number of rotatable bonds is 3. The zero-order valence-corrected chi connectivity index (χ0v) is 11.8. The lowest BCUT2D eigenvalue weighted by Gasteiger charge is -2.11. The molecule has 3 rings (SSSR count). The first-order valence-electron chi connectivity index (χ1n) is 6.25. The van der Waals surface area contributed by atoms with Crippen molar-refractivity contribution in [3.63, 3.8) is 0 Å². The summed E-state index contributed by atoms with van der Waals surface area (Å²) < 4.78 is 0. The lowest BCUT2D eigenvalue weighted by Crippen LogP contribution is -2.31. The summed E-state index contributed by atoms with van der Waals surface area (Å²) in [7, 11) is 0. The zero-order valence-electron chi connectivity index (χ0n) is 11.0. The molecule has 2 aromatic heterocycles. The molecule has 1 aliphatic rings. The maximum atomic E-state index is 11.9. The molecule has 3 amide bonds. The zero-order chi connectivity index (χ0) is 14.8. The van der Waals surface area contributed by atoms with E-state index in [1.807, 2.05) is 16.8 Å². The Morgan fingerprint density at radius 1 is 1.48 bits per heavy atom. The maximum absolute atomic E-state index is 11.9. The molecular formula is C13H13N5O2S. The number of hydrogen-bond donors (Lipinski definition) is 3. The van der Waals surface area contributed by atoms with E-state index in [-0.39, 0.29) is 5.91 Å². The average molecular weight is 303 g/mol. The van der Waals surface area contributed by atoms with Gasteiger partial charge in [0.2, 0.25) is 5.91 Å². The van der Waals surface area contributed by atoms with Crippen molar-refractivity contribution in [2.24, 2.45) is 5.73 Å². The molecule has 0 unspecified atom stereocenters. The maximum Gasteiger partial charge on any atom is 0.315 e. The fraction of sp³-hybridized carbons (Fsp3) is 0.154. The monoisotopic (exact) mass is 303 g/mol. The largest absolute Gasteiger partial charge is 0.351 e. The molecule has 0 radical (unpaired) electrons. The van der Waals surface area contributed by atoms with Crippen molar-refractivity contribution in [3.05, 3.63) is 39.7 Å². The number of hydrogen-bond acceptors (Lipinski definition) is 4. The SMILES string of the molecule is NC(=O)N1Cc2[nH]nc(NC(=O)/C=C\c3ccsc3)c2C1. The number of nitrogens with two attached hydrogens (primary N) is 1. The standard InChI is InChI=1S/C13H13N5O2S/c14-13(20)18-5-9-10(6-18)16-17-12(9)15-11(19)2-1-8-3-4-21-7-8/h1-4,7H,5-6H2,(H2,14,20)(H2,15,16,17,19)/b2-1-. The normalized spacial score (nSPS) is 13.6. The molecule has 3 heterocycles. The smallest absolute Gasteiger partial charge is 0.315 e. The van der Waals surface area contributed by atoms with Crippen LogP contribution in [-0.2, 0) is 17.9 Å². The van der Waals surface area contributed by atoms with Gasteiger partial charge in [-0.15, -0.1) is 0 Å². The molecular weight excluding hydrogens is 290 g/mol. The van der Waals surface area contributed by atoms with Crippen LogP contribution in [0, 0.1) is 0 Å². The quantitative estimate of drug-likeness (QED) is 0.749. The third-order valence-electron chi connectivity index (χ3n) is 3.17. The molecule has 0 atom stereocenters. The minimum Gasteiger partial charge on any atom is -0.351 e. The Kier molecular flexibility index (Phi) is 3.44. The first-order chi connectivity index (χ1) is 10.1. The van der Waals surface area contributed by atoms with Crippen LogP contribution in [0.3, 0.4) is 0 Å². The van der Waals surface area contributed by atoms with Gasteiger partial charge in [-0.2, -0.15) is 16.4 Å². The van der Waals surface area contributed by atoms with Gasteiger partial charge in [0.15, 0.2) is 5.82 Å². The van der Waals surface area contributed by atoms with Gasteiger partial charge in [-0.25, -0.2) is 4.79 Å². The van der Waals surface area contributed by atoms with E-state index < -0.39 is 6.03 Å². The van der Waals surface area contributed by atoms with Gasteiger partial charge in [0.1, 0.15) is 0 Å². The van der Waals surface area contributed by atoms with Crippen LogP contribution in [0.15, 0.2) is 22.9 Å². The van der Waals surface area contributed by atoms with Gasteiger partial charge >= 0.3 is 6.03 Å². The molecule has 2 aromatic rings.